The molecule has 1 heterocycles. The van der Waals surface area contributed by atoms with Crippen LogP contribution in [0.1, 0.15) is 19.8 Å². The molecule has 23 heavy (non-hydrogen) atoms. The summed E-state index contributed by atoms with van der Waals surface area (Å²) in [5.74, 6) is -0.884. The first-order chi connectivity index (χ1) is 10.9. The summed E-state index contributed by atoms with van der Waals surface area (Å²) in [6, 6.07) is 5.36. The minimum absolute atomic E-state index is 0.149. The Morgan fingerprint density at radius 2 is 1.87 bits per heavy atom. The lowest BCUT2D eigenvalue weighted by Crippen LogP contribution is -2.35. The van der Waals surface area contributed by atoms with Gasteiger partial charge < -0.3 is 4.74 Å². The predicted octanol–water partition coefficient (Wildman–Crippen LogP) is 1.09. The number of ether oxygens (including phenoxy) is 1. The molecule has 1 N–H and O–H groups in total. The molecule has 0 amide bonds. The molecule has 124 valence electrons. The van der Waals surface area contributed by atoms with Crippen molar-refractivity contribution < 1.29 is 17.5 Å². The van der Waals surface area contributed by atoms with Gasteiger partial charge in [-0.05, 0) is 30.7 Å². The van der Waals surface area contributed by atoms with E-state index in [4.69, 9.17) is 4.74 Å². The number of unbranched alkanes of at least 4 members (excludes halogenated alkanes) is 1. The molecule has 0 bridgehead atoms. The van der Waals surface area contributed by atoms with E-state index in [2.05, 4.69) is 0 Å². The smallest absolute Gasteiger partial charge is 0.342 e. The van der Waals surface area contributed by atoms with Gasteiger partial charge in [0.2, 0.25) is 5.82 Å². The number of aromatic amines is 1. The summed E-state index contributed by atoms with van der Waals surface area (Å²) in [5.41, 5.74) is -2.51. The third-order valence-electron chi connectivity index (χ3n) is 3.02. The summed E-state index contributed by atoms with van der Waals surface area (Å²) in [6.45, 7) is 2.52. The molecule has 0 saturated heterocycles. The molecule has 0 saturated carbocycles. The molecule has 0 spiro atoms. The summed E-state index contributed by atoms with van der Waals surface area (Å²) < 4.78 is 43.5. The second kappa shape index (κ2) is 6.78. The second-order valence-corrected chi connectivity index (χ2v) is 6.53. The fraction of sp³-hybridized carbons (Fsp3) is 0.286. The Kier molecular flexibility index (Phi) is 4.99. The van der Waals surface area contributed by atoms with E-state index in [0.29, 0.717) is 18.6 Å². The standard InChI is InChI=1S/C14H15FN2O5S/c1-2-3-8-22-10-4-6-11(7-5-10)23(20,21)17-9-12(15)13(18)16-14(17)19/h4-7,9H,2-3,8H2,1H3,(H,16,18,19). The van der Waals surface area contributed by atoms with Crippen molar-refractivity contribution in [2.24, 2.45) is 0 Å². The van der Waals surface area contributed by atoms with Crippen LogP contribution in [-0.2, 0) is 10.0 Å². The zero-order chi connectivity index (χ0) is 17.0. The quantitative estimate of drug-likeness (QED) is 0.793. The summed E-state index contributed by atoms with van der Waals surface area (Å²) in [5, 5.41) is 0. The number of halogens is 1. The van der Waals surface area contributed by atoms with Crippen LogP contribution < -0.4 is 16.0 Å². The molecule has 1 aromatic carbocycles. The van der Waals surface area contributed by atoms with Crippen molar-refractivity contribution in [3.63, 3.8) is 0 Å². The van der Waals surface area contributed by atoms with Gasteiger partial charge in [-0.15, -0.1) is 0 Å². The molecule has 0 aliphatic rings. The first-order valence-electron chi connectivity index (χ1n) is 6.86. The normalized spacial score (nSPS) is 11.4. The van der Waals surface area contributed by atoms with E-state index in [1.165, 1.54) is 24.3 Å². The Labute approximate surface area is 131 Å². The van der Waals surface area contributed by atoms with Gasteiger partial charge in [0.05, 0.1) is 17.7 Å². The molecule has 2 rings (SSSR count). The van der Waals surface area contributed by atoms with Crippen molar-refractivity contribution in [1.29, 1.82) is 0 Å². The second-order valence-electron chi connectivity index (χ2n) is 4.71. The number of rotatable bonds is 6. The van der Waals surface area contributed by atoms with Crippen LogP contribution in [0.5, 0.6) is 5.75 Å². The van der Waals surface area contributed by atoms with Crippen LogP contribution >= 0.6 is 0 Å². The number of aromatic nitrogens is 2. The lowest BCUT2D eigenvalue weighted by Gasteiger charge is -2.09. The number of benzene rings is 1. The highest BCUT2D eigenvalue weighted by Gasteiger charge is 2.20. The van der Waals surface area contributed by atoms with Crippen LogP contribution in [0.2, 0.25) is 0 Å². The minimum Gasteiger partial charge on any atom is -0.494 e. The predicted molar refractivity (Wildman–Crippen MR) is 80.7 cm³/mol. The zero-order valence-electron chi connectivity index (χ0n) is 12.3. The van der Waals surface area contributed by atoms with Crippen LogP contribution in [0, 0.1) is 5.82 Å². The fourth-order valence-electron chi connectivity index (χ4n) is 1.77. The average Bonchev–Trinajstić information content (AvgIpc) is 2.51. The van der Waals surface area contributed by atoms with E-state index in [0.717, 1.165) is 12.8 Å². The summed E-state index contributed by atoms with van der Waals surface area (Å²) in [7, 11) is -4.31. The van der Waals surface area contributed by atoms with Crippen molar-refractivity contribution >= 4 is 10.0 Å². The summed E-state index contributed by atoms with van der Waals surface area (Å²) in [6.07, 6.45) is 2.18. The number of nitrogens with one attached hydrogen (secondary N) is 1. The van der Waals surface area contributed by atoms with Gasteiger partial charge in [0, 0.05) is 0 Å². The third-order valence-corrected chi connectivity index (χ3v) is 4.67. The van der Waals surface area contributed by atoms with E-state index in [-0.39, 0.29) is 8.87 Å². The van der Waals surface area contributed by atoms with E-state index in [1.807, 2.05) is 6.92 Å². The molecule has 7 nitrogen and oxygen atoms in total. The lowest BCUT2D eigenvalue weighted by molar-refractivity contribution is 0.309. The maximum Gasteiger partial charge on any atom is 0.342 e. The summed E-state index contributed by atoms with van der Waals surface area (Å²) >= 11 is 0. The molecule has 0 radical (unpaired) electrons. The highest BCUT2D eigenvalue weighted by Crippen LogP contribution is 2.17. The van der Waals surface area contributed by atoms with Crippen molar-refractivity contribution in [3.8, 4) is 5.75 Å². The van der Waals surface area contributed by atoms with Gasteiger partial charge in [-0.3, -0.25) is 9.78 Å². The molecular formula is C14H15FN2O5S. The first-order valence-corrected chi connectivity index (χ1v) is 8.30. The molecule has 1 aromatic heterocycles. The maximum absolute atomic E-state index is 13.3. The Morgan fingerprint density at radius 1 is 1.22 bits per heavy atom. The Hall–Kier alpha value is -2.42. The van der Waals surface area contributed by atoms with Crippen LogP contribution in [0.15, 0.2) is 44.9 Å². The zero-order valence-corrected chi connectivity index (χ0v) is 13.1. The van der Waals surface area contributed by atoms with Crippen molar-refractivity contribution in [3.05, 3.63) is 57.1 Å². The fourth-order valence-corrected chi connectivity index (χ4v) is 2.97. The van der Waals surface area contributed by atoms with Crippen LogP contribution in [0.4, 0.5) is 4.39 Å². The number of nitrogens with zero attached hydrogens (tertiary/aromatic N) is 1. The number of H-pyrrole nitrogens is 1. The Balaban J connectivity index is 2.35. The number of hydrogen-bond acceptors (Lipinski definition) is 5. The summed E-state index contributed by atoms with van der Waals surface area (Å²) in [4.78, 5) is 23.9. The molecular weight excluding hydrogens is 327 g/mol. The SMILES string of the molecule is CCCCOc1ccc(S(=O)(=O)n2cc(F)c(=O)[nH]c2=O)cc1. The molecule has 0 aliphatic carbocycles. The highest BCUT2D eigenvalue weighted by atomic mass is 32.2. The van der Waals surface area contributed by atoms with E-state index < -0.39 is 27.1 Å². The minimum atomic E-state index is -4.31. The lowest BCUT2D eigenvalue weighted by atomic mass is 10.3. The molecule has 2 aromatic rings. The Morgan fingerprint density at radius 3 is 2.48 bits per heavy atom. The average molecular weight is 342 g/mol. The van der Waals surface area contributed by atoms with Gasteiger partial charge in [-0.25, -0.2) is 13.2 Å². The monoisotopic (exact) mass is 342 g/mol. The third kappa shape index (κ3) is 3.67. The van der Waals surface area contributed by atoms with Crippen molar-refractivity contribution in [2.75, 3.05) is 6.61 Å². The molecule has 0 fully saturated rings. The first kappa shape index (κ1) is 16.9. The molecule has 9 heteroatoms. The number of hydrogen-bond donors (Lipinski definition) is 1. The van der Waals surface area contributed by atoms with E-state index >= 15 is 0 Å². The highest BCUT2D eigenvalue weighted by molar-refractivity contribution is 7.90. The largest absolute Gasteiger partial charge is 0.494 e. The van der Waals surface area contributed by atoms with Crippen LogP contribution in [-0.4, -0.2) is 24.0 Å². The van der Waals surface area contributed by atoms with Crippen molar-refractivity contribution in [1.82, 2.24) is 8.96 Å². The van der Waals surface area contributed by atoms with Crippen molar-refractivity contribution in [2.45, 2.75) is 24.7 Å². The molecule has 0 unspecified atom stereocenters. The van der Waals surface area contributed by atoms with Gasteiger partial charge in [0.1, 0.15) is 5.75 Å². The maximum atomic E-state index is 13.3. The van der Waals surface area contributed by atoms with E-state index in [9.17, 15) is 22.4 Å². The van der Waals surface area contributed by atoms with Gasteiger partial charge in [0.15, 0.2) is 0 Å². The topological polar surface area (TPSA) is 98.2 Å². The van der Waals surface area contributed by atoms with Gasteiger partial charge in [-0.2, -0.15) is 8.36 Å². The van der Waals surface area contributed by atoms with Gasteiger partial charge in [0.25, 0.3) is 15.6 Å². The van der Waals surface area contributed by atoms with Crippen LogP contribution in [0.3, 0.4) is 0 Å². The molecule has 0 atom stereocenters. The van der Waals surface area contributed by atoms with Gasteiger partial charge in [-0.1, -0.05) is 13.3 Å². The Bertz CT molecular complexity index is 900. The molecule has 0 aliphatic heterocycles. The van der Waals surface area contributed by atoms with Crippen LogP contribution in [0.25, 0.3) is 0 Å². The van der Waals surface area contributed by atoms with Gasteiger partial charge >= 0.3 is 5.69 Å². The van der Waals surface area contributed by atoms with E-state index in [1.54, 1.807) is 4.98 Å².